The zero-order chi connectivity index (χ0) is 41.9. The van der Waals surface area contributed by atoms with Gasteiger partial charge in [-0.1, -0.05) is 164 Å². The molecule has 0 saturated heterocycles. The number of hydrogen-bond donors (Lipinski definition) is 0. The molecule has 3 heteroatoms. The molecule has 13 aromatic rings. The lowest BCUT2D eigenvalue weighted by atomic mass is 9.88. The van der Waals surface area contributed by atoms with Gasteiger partial charge in [0.15, 0.2) is 0 Å². The normalized spacial score (nSPS) is 13.5. The number of para-hydroxylation sites is 2. The van der Waals surface area contributed by atoms with Crippen LogP contribution in [0, 0.1) is 0 Å². The van der Waals surface area contributed by atoms with E-state index in [0.717, 1.165) is 44.5 Å². The first-order valence-electron chi connectivity index (χ1n) is 22.1. The third-order valence-electron chi connectivity index (χ3n) is 13.8. The molecule has 14 rings (SSSR count). The Morgan fingerprint density at radius 1 is 0.375 bits per heavy atom. The minimum atomic E-state index is 0.0959. The maximum atomic E-state index is 6.60. The van der Waals surface area contributed by atoms with E-state index >= 15 is 0 Å². The van der Waals surface area contributed by atoms with E-state index in [1.165, 1.54) is 82.1 Å². The lowest BCUT2D eigenvalue weighted by Gasteiger charge is -2.27. The first-order chi connectivity index (χ1) is 31.8. The van der Waals surface area contributed by atoms with Crippen molar-refractivity contribution < 1.29 is 4.42 Å². The average Bonchev–Trinajstić information content (AvgIpc) is 4.02. The van der Waals surface area contributed by atoms with Crippen LogP contribution in [0.2, 0.25) is 0 Å². The molecule has 2 aromatic heterocycles. The summed E-state index contributed by atoms with van der Waals surface area (Å²) in [6.07, 6.45) is 0. The van der Waals surface area contributed by atoms with E-state index in [1.807, 2.05) is 6.07 Å². The van der Waals surface area contributed by atoms with Gasteiger partial charge in [-0.05, 0) is 115 Å². The first kappa shape index (κ1) is 35.2. The molecule has 0 bridgehead atoms. The van der Waals surface area contributed by atoms with Gasteiger partial charge >= 0.3 is 0 Å². The van der Waals surface area contributed by atoms with Crippen molar-refractivity contribution in [3.05, 3.63) is 241 Å². The highest BCUT2D eigenvalue weighted by molar-refractivity contribution is 6.26. The van der Waals surface area contributed by atoms with E-state index in [0.29, 0.717) is 0 Å². The van der Waals surface area contributed by atoms with Crippen LogP contribution in [0.1, 0.15) is 22.6 Å². The Morgan fingerprint density at radius 3 is 1.73 bits per heavy atom. The molecule has 0 aliphatic heterocycles. The minimum absolute atomic E-state index is 0.0959. The fourth-order valence-electron chi connectivity index (χ4n) is 11.2. The summed E-state index contributed by atoms with van der Waals surface area (Å²) in [5, 5.41) is 12.1. The second-order valence-electron chi connectivity index (χ2n) is 17.1. The van der Waals surface area contributed by atoms with E-state index in [2.05, 4.69) is 228 Å². The number of anilines is 3. The van der Waals surface area contributed by atoms with Crippen LogP contribution < -0.4 is 4.90 Å². The van der Waals surface area contributed by atoms with Crippen molar-refractivity contribution in [1.82, 2.24) is 4.57 Å². The molecule has 0 saturated carbocycles. The van der Waals surface area contributed by atoms with Gasteiger partial charge in [-0.25, -0.2) is 0 Å². The van der Waals surface area contributed by atoms with Crippen LogP contribution in [0.4, 0.5) is 17.1 Å². The molecular weight excluding hydrogens is 777 g/mol. The quantitative estimate of drug-likeness (QED) is 0.161. The molecule has 3 nitrogen and oxygen atoms in total. The molecule has 11 aromatic carbocycles. The Bertz CT molecular complexity index is 4010. The molecule has 1 unspecified atom stereocenters. The van der Waals surface area contributed by atoms with Crippen molar-refractivity contribution in [2.45, 2.75) is 5.92 Å². The van der Waals surface area contributed by atoms with Crippen LogP contribution >= 0.6 is 0 Å². The van der Waals surface area contributed by atoms with Crippen molar-refractivity contribution in [3.8, 4) is 16.8 Å². The zero-order valence-corrected chi connectivity index (χ0v) is 34.7. The third-order valence-corrected chi connectivity index (χ3v) is 13.8. The maximum Gasteiger partial charge on any atom is 0.137 e. The van der Waals surface area contributed by atoms with Crippen molar-refractivity contribution in [2.75, 3.05) is 4.90 Å². The van der Waals surface area contributed by atoms with Crippen LogP contribution in [-0.2, 0) is 0 Å². The molecule has 0 spiro atoms. The topological polar surface area (TPSA) is 21.3 Å². The number of rotatable bonds is 5. The number of hydrogen-bond acceptors (Lipinski definition) is 2. The largest absolute Gasteiger partial charge is 0.456 e. The Labute approximate surface area is 369 Å². The number of fused-ring (bicyclic) bond motifs is 15. The van der Waals surface area contributed by atoms with Gasteiger partial charge in [0, 0.05) is 44.9 Å². The van der Waals surface area contributed by atoms with Crippen LogP contribution in [0.5, 0.6) is 0 Å². The van der Waals surface area contributed by atoms with Gasteiger partial charge in [0.05, 0.1) is 22.4 Å². The summed E-state index contributed by atoms with van der Waals surface area (Å²) in [6, 6.07) is 82.3. The van der Waals surface area contributed by atoms with E-state index in [1.54, 1.807) is 0 Å². The highest BCUT2D eigenvalue weighted by Gasteiger charge is 2.33. The van der Waals surface area contributed by atoms with Crippen molar-refractivity contribution >= 4 is 93.1 Å². The van der Waals surface area contributed by atoms with Crippen molar-refractivity contribution in [3.63, 3.8) is 0 Å². The standard InChI is InChI=1S/C61H38N2O/c1-2-16-38(17-3-1)59-49-24-9-8-22-45(49)50-26-14-28-56(61(50)59)63-53-27-12-10-25-51(53)60-54(29-15-30-55(60)63)62(40-33-35-48-47-23-11-13-31-57(47)64-58(48)37-40)39-32-34-46-43-20-5-4-18-41(43)42-19-6-7-21-44(42)52(46)36-39/h1-37,59H. The van der Waals surface area contributed by atoms with E-state index in [9.17, 15) is 0 Å². The maximum absolute atomic E-state index is 6.60. The number of aromatic nitrogens is 1. The van der Waals surface area contributed by atoms with Gasteiger partial charge in [0.1, 0.15) is 11.2 Å². The highest BCUT2D eigenvalue weighted by atomic mass is 16.3. The summed E-state index contributed by atoms with van der Waals surface area (Å²) in [7, 11) is 0. The monoisotopic (exact) mass is 814 g/mol. The predicted octanol–water partition coefficient (Wildman–Crippen LogP) is 16.8. The molecule has 1 aliphatic rings. The Hall–Kier alpha value is -8.40. The van der Waals surface area contributed by atoms with Gasteiger partial charge in [0.25, 0.3) is 0 Å². The molecule has 1 aliphatic carbocycles. The molecule has 298 valence electrons. The van der Waals surface area contributed by atoms with Gasteiger partial charge in [-0.15, -0.1) is 0 Å². The highest BCUT2D eigenvalue weighted by Crippen LogP contribution is 2.52. The Kier molecular flexibility index (Phi) is 7.46. The number of furan rings is 1. The van der Waals surface area contributed by atoms with E-state index < -0.39 is 0 Å². The lowest BCUT2D eigenvalue weighted by Crippen LogP contribution is -2.10. The van der Waals surface area contributed by atoms with Gasteiger partial charge in [-0.2, -0.15) is 0 Å². The second kappa shape index (κ2) is 13.5. The molecule has 0 radical (unpaired) electrons. The van der Waals surface area contributed by atoms with Gasteiger partial charge in [0.2, 0.25) is 0 Å². The molecular formula is C61H38N2O. The smallest absolute Gasteiger partial charge is 0.137 e. The molecule has 1 atom stereocenters. The summed E-state index contributed by atoms with van der Waals surface area (Å²) in [6.45, 7) is 0. The Balaban J connectivity index is 1.07. The lowest BCUT2D eigenvalue weighted by molar-refractivity contribution is 0.669. The van der Waals surface area contributed by atoms with E-state index in [-0.39, 0.29) is 5.92 Å². The molecule has 0 N–H and O–H groups in total. The van der Waals surface area contributed by atoms with Crippen LogP contribution in [-0.4, -0.2) is 4.57 Å². The fourth-order valence-corrected chi connectivity index (χ4v) is 11.2. The average molecular weight is 815 g/mol. The first-order valence-corrected chi connectivity index (χ1v) is 22.1. The van der Waals surface area contributed by atoms with Crippen LogP contribution in [0.3, 0.4) is 0 Å². The SMILES string of the molecule is c1ccc(C2c3ccccc3-c3cccc(-n4c5ccccc5c5c(N(c6ccc7c(c6)oc6ccccc67)c6ccc7c8ccccc8c8ccccc8c7c6)cccc54)c32)cc1. The summed E-state index contributed by atoms with van der Waals surface area (Å²) in [4.78, 5) is 2.45. The van der Waals surface area contributed by atoms with Crippen molar-refractivity contribution in [1.29, 1.82) is 0 Å². The summed E-state index contributed by atoms with van der Waals surface area (Å²) in [5.41, 5.74) is 15.1. The van der Waals surface area contributed by atoms with E-state index in [4.69, 9.17) is 4.42 Å². The molecule has 2 heterocycles. The predicted molar refractivity (Wildman–Crippen MR) is 268 cm³/mol. The second-order valence-corrected chi connectivity index (χ2v) is 17.1. The molecule has 0 amide bonds. The van der Waals surface area contributed by atoms with Crippen LogP contribution in [0.25, 0.3) is 92.9 Å². The van der Waals surface area contributed by atoms with Gasteiger partial charge in [-0.3, -0.25) is 0 Å². The number of benzene rings is 11. The zero-order valence-electron chi connectivity index (χ0n) is 34.7. The Morgan fingerprint density at radius 2 is 0.938 bits per heavy atom. The fraction of sp³-hybridized carbons (Fsp3) is 0.0164. The summed E-state index contributed by atoms with van der Waals surface area (Å²) >= 11 is 0. The van der Waals surface area contributed by atoms with Crippen LogP contribution in [0.15, 0.2) is 229 Å². The third kappa shape index (κ3) is 4.98. The van der Waals surface area contributed by atoms with Crippen molar-refractivity contribution in [2.24, 2.45) is 0 Å². The summed E-state index contributed by atoms with van der Waals surface area (Å²) in [5.74, 6) is 0.0959. The molecule has 64 heavy (non-hydrogen) atoms. The number of nitrogens with zero attached hydrogens (tertiary/aromatic N) is 2. The molecule has 0 fully saturated rings. The minimum Gasteiger partial charge on any atom is -0.456 e. The van der Waals surface area contributed by atoms with Gasteiger partial charge < -0.3 is 13.9 Å². The summed E-state index contributed by atoms with van der Waals surface area (Å²) < 4.78 is 9.12.